The van der Waals surface area contributed by atoms with E-state index in [4.69, 9.17) is 10.5 Å². The van der Waals surface area contributed by atoms with E-state index in [1.54, 1.807) is 0 Å². The van der Waals surface area contributed by atoms with Crippen molar-refractivity contribution in [1.82, 2.24) is 4.90 Å². The summed E-state index contributed by atoms with van der Waals surface area (Å²) in [6, 6.07) is 0. The average molecular weight is 296 g/mol. The fraction of sp³-hybridized carbons (Fsp3) is 0.938. The lowest BCUT2D eigenvalue weighted by atomic mass is 9.58. The summed E-state index contributed by atoms with van der Waals surface area (Å²) >= 11 is 0. The molecule has 1 heterocycles. The number of aliphatic hydroxyl groups excluding tert-OH is 1. The Labute approximate surface area is 126 Å². The highest BCUT2D eigenvalue weighted by Gasteiger charge is 2.57. The lowest BCUT2D eigenvalue weighted by Crippen LogP contribution is -2.64. The zero-order chi connectivity index (χ0) is 15.1. The number of rotatable bonds is 3. The first-order chi connectivity index (χ1) is 10.0. The van der Waals surface area contributed by atoms with E-state index in [1.165, 1.54) is 0 Å². The Bertz CT molecular complexity index is 396. The maximum Gasteiger partial charge on any atom is 0.242 e. The molecule has 2 saturated carbocycles. The molecule has 5 nitrogen and oxygen atoms in total. The third-order valence-corrected chi connectivity index (χ3v) is 6.01. The van der Waals surface area contributed by atoms with Gasteiger partial charge in [0, 0.05) is 31.5 Å². The van der Waals surface area contributed by atoms with Gasteiger partial charge in [-0.25, -0.2) is 0 Å². The van der Waals surface area contributed by atoms with Crippen LogP contribution >= 0.6 is 0 Å². The number of hydrogen-bond acceptors (Lipinski definition) is 4. The van der Waals surface area contributed by atoms with Gasteiger partial charge in [0.05, 0.1) is 17.7 Å². The molecule has 120 valence electrons. The summed E-state index contributed by atoms with van der Waals surface area (Å²) in [7, 11) is 0. The van der Waals surface area contributed by atoms with Gasteiger partial charge in [-0.05, 0) is 32.6 Å². The zero-order valence-electron chi connectivity index (χ0n) is 13.0. The molecule has 5 heteroatoms. The molecule has 0 aromatic rings. The van der Waals surface area contributed by atoms with Crippen molar-refractivity contribution in [2.45, 2.75) is 69.6 Å². The summed E-state index contributed by atoms with van der Waals surface area (Å²) in [5.41, 5.74) is 5.54. The van der Waals surface area contributed by atoms with Gasteiger partial charge >= 0.3 is 0 Å². The monoisotopic (exact) mass is 296 g/mol. The molecule has 3 N–H and O–H groups in total. The van der Waals surface area contributed by atoms with Crippen LogP contribution in [0.5, 0.6) is 0 Å². The summed E-state index contributed by atoms with van der Waals surface area (Å²) in [6.45, 7) is 4.10. The van der Waals surface area contributed by atoms with Crippen molar-refractivity contribution in [2.75, 3.05) is 19.7 Å². The van der Waals surface area contributed by atoms with Crippen LogP contribution in [0, 0.1) is 5.41 Å². The van der Waals surface area contributed by atoms with Gasteiger partial charge in [0.2, 0.25) is 5.91 Å². The summed E-state index contributed by atoms with van der Waals surface area (Å²) in [5, 5.41) is 10.2. The van der Waals surface area contributed by atoms with Gasteiger partial charge in [-0.2, -0.15) is 0 Å². The minimum Gasteiger partial charge on any atom is -0.392 e. The van der Waals surface area contributed by atoms with Gasteiger partial charge in [0.15, 0.2) is 0 Å². The Hall–Kier alpha value is -0.650. The van der Waals surface area contributed by atoms with Gasteiger partial charge in [0.1, 0.15) is 0 Å². The maximum atomic E-state index is 12.6. The molecule has 1 spiro atoms. The SMILES string of the molecule is CCO[C@H]1C[C@@H](O)C12CCN(C(=O)C1(N)CCCC1)CC2. The second kappa shape index (κ2) is 5.52. The first kappa shape index (κ1) is 15.3. The Balaban J connectivity index is 1.61. The second-order valence-corrected chi connectivity index (χ2v) is 7.08. The normalized spacial score (nSPS) is 34.0. The van der Waals surface area contributed by atoms with Gasteiger partial charge in [-0.1, -0.05) is 12.8 Å². The van der Waals surface area contributed by atoms with Crippen LogP contribution in [0.4, 0.5) is 0 Å². The lowest BCUT2D eigenvalue weighted by Gasteiger charge is -2.57. The number of carbonyl (C=O) groups is 1. The van der Waals surface area contributed by atoms with Crippen molar-refractivity contribution in [1.29, 1.82) is 0 Å². The van der Waals surface area contributed by atoms with Crippen molar-refractivity contribution in [2.24, 2.45) is 11.1 Å². The number of aliphatic hydroxyl groups is 1. The number of amides is 1. The molecule has 1 saturated heterocycles. The van der Waals surface area contributed by atoms with Crippen LogP contribution < -0.4 is 5.73 Å². The first-order valence-corrected chi connectivity index (χ1v) is 8.40. The minimum absolute atomic E-state index is 0.121. The number of nitrogens with zero attached hydrogens (tertiary/aromatic N) is 1. The molecule has 21 heavy (non-hydrogen) atoms. The molecule has 3 aliphatic rings. The Morgan fingerprint density at radius 3 is 2.43 bits per heavy atom. The van der Waals surface area contributed by atoms with Crippen LogP contribution in [-0.2, 0) is 9.53 Å². The fourth-order valence-corrected chi connectivity index (χ4v) is 4.48. The lowest BCUT2D eigenvalue weighted by molar-refractivity contribution is -0.210. The summed E-state index contributed by atoms with van der Waals surface area (Å²) in [5.74, 6) is 0.122. The highest BCUT2D eigenvalue weighted by atomic mass is 16.5. The van der Waals surface area contributed by atoms with E-state index in [2.05, 4.69) is 0 Å². The number of carbonyl (C=O) groups excluding carboxylic acids is 1. The summed E-state index contributed by atoms with van der Waals surface area (Å²) in [6.07, 6.45) is 6.05. The topological polar surface area (TPSA) is 75.8 Å². The molecule has 0 bridgehead atoms. The first-order valence-electron chi connectivity index (χ1n) is 8.40. The van der Waals surface area contributed by atoms with E-state index in [0.717, 1.165) is 44.9 Å². The maximum absolute atomic E-state index is 12.6. The molecule has 1 amide bonds. The third kappa shape index (κ3) is 2.39. The molecular weight excluding hydrogens is 268 g/mol. The molecule has 3 rings (SSSR count). The Morgan fingerprint density at radius 1 is 1.29 bits per heavy atom. The molecular formula is C16H28N2O3. The predicted molar refractivity (Wildman–Crippen MR) is 79.7 cm³/mol. The molecule has 2 aliphatic carbocycles. The minimum atomic E-state index is -0.623. The van der Waals surface area contributed by atoms with E-state index in [9.17, 15) is 9.90 Å². The number of piperidine rings is 1. The van der Waals surface area contributed by atoms with Crippen molar-refractivity contribution in [3.63, 3.8) is 0 Å². The van der Waals surface area contributed by atoms with E-state index >= 15 is 0 Å². The van der Waals surface area contributed by atoms with E-state index in [-0.39, 0.29) is 23.5 Å². The van der Waals surface area contributed by atoms with Gasteiger partial charge in [0.25, 0.3) is 0 Å². The molecule has 0 radical (unpaired) electrons. The molecule has 2 atom stereocenters. The number of likely N-dealkylation sites (tertiary alicyclic amines) is 1. The van der Waals surface area contributed by atoms with Gasteiger partial charge in [-0.15, -0.1) is 0 Å². The van der Waals surface area contributed by atoms with E-state index in [1.807, 2.05) is 11.8 Å². The van der Waals surface area contributed by atoms with E-state index in [0.29, 0.717) is 19.7 Å². The second-order valence-electron chi connectivity index (χ2n) is 7.08. The van der Waals surface area contributed by atoms with Gasteiger partial charge in [-0.3, -0.25) is 4.79 Å². The van der Waals surface area contributed by atoms with Crippen molar-refractivity contribution in [3.05, 3.63) is 0 Å². The Kier molecular flexibility index (Phi) is 4.01. The van der Waals surface area contributed by atoms with Crippen molar-refractivity contribution in [3.8, 4) is 0 Å². The standard InChI is InChI=1S/C16H28N2O3/c1-2-21-13-11-12(19)15(13)7-9-18(10-8-15)14(20)16(17)5-3-4-6-16/h12-13,19H,2-11,17H2,1H3/t12-,13+/m1/s1. The predicted octanol–water partition coefficient (Wildman–Crippen LogP) is 1.04. The summed E-state index contributed by atoms with van der Waals surface area (Å²) < 4.78 is 5.77. The van der Waals surface area contributed by atoms with Crippen LogP contribution in [0.3, 0.4) is 0 Å². The molecule has 0 aromatic carbocycles. The van der Waals surface area contributed by atoms with Crippen LogP contribution in [0.2, 0.25) is 0 Å². The largest absolute Gasteiger partial charge is 0.392 e. The zero-order valence-corrected chi connectivity index (χ0v) is 13.0. The van der Waals surface area contributed by atoms with E-state index < -0.39 is 5.54 Å². The molecule has 1 aliphatic heterocycles. The quantitative estimate of drug-likeness (QED) is 0.816. The van der Waals surface area contributed by atoms with Crippen molar-refractivity contribution < 1.29 is 14.6 Å². The van der Waals surface area contributed by atoms with Crippen LogP contribution in [-0.4, -0.2) is 53.4 Å². The molecule has 0 aromatic heterocycles. The van der Waals surface area contributed by atoms with Crippen LogP contribution in [0.25, 0.3) is 0 Å². The number of nitrogens with two attached hydrogens (primary N) is 1. The smallest absolute Gasteiger partial charge is 0.242 e. The highest BCUT2D eigenvalue weighted by molar-refractivity contribution is 5.86. The number of ether oxygens (including phenoxy) is 1. The average Bonchev–Trinajstić information content (AvgIpc) is 2.94. The van der Waals surface area contributed by atoms with Crippen LogP contribution in [0.1, 0.15) is 51.9 Å². The third-order valence-electron chi connectivity index (χ3n) is 6.01. The highest BCUT2D eigenvalue weighted by Crippen LogP contribution is 2.51. The van der Waals surface area contributed by atoms with Crippen LogP contribution in [0.15, 0.2) is 0 Å². The van der Waals surface area contributed by atoms with Crippen molar-refractivity contribution >= 4 is 5.91 Å². The summed E-state index contributed by atoms with van der Waals surface area (Å²) in [4.78, 5) is 14.6. The molecule has 3 fully saturated rings. The fourth-order valence-electron chi connectivity index (χ4n) is 4.48. The van der Waals surface area contributed by atoms with Gasteiger partial charge < -0.3 is 20.5 Å². The number of hydrogen-bond donors (Lipinski definition) is 2. The Morgan fingerprint density at radius 2 is 1.90 bits per heavy atom. The molecule has 0 unspecified atom stereocenters.